The molecule has 1 aliphatic rings. The highest BCUT2D eigenvalue weighted by Gasteiger charge is 2.21. The van der Waals surface area contributed by atoms with Crippen molar-refractivity contribution in [2.24, 2.45) is 5.92 Å². The number of rotatable bonds is 2. The number of likely N-dealkylation sites (tertiary alicyclic amines) is 1. The van der Waals surface area contributed by atoms with Gasteiger partial charge >= 0.3 is 0 Å². The predicted octanol–water partition coefficient (Wildman–Crippen LogP) is 3.54. The summed E-state index contributed by atoms with van der Waals surface area (Å²) in [4.78, 5) is 2.54. The fraction of sp³-hybridized carbons (Fsp3) is 1.00. The molecule has 1 fully saturated rings. The first-order chi connectivity index (χ1) is 6.24. The van der Waals surface area contributed by atoms with Gasteiger partial charge in [-0.1, -0.05) is 34.1 Å². The molecule has 80 valence electrons. The molecular weight excluding hydrogens is 158 g/mol. The van der Waals surface area contributed by atoms with Crippen LogP contribution >= 0.6 is 0 Å². The molecule has 1 rings (SSSR count). The van der Waals surface area contributed by atoms with Crippen molar-refractivity contribution in [3.63, 3.8) is 0 Å². The van der Waals surface area contributed by atoms with E-state index in [1.807, 2.05) is 13.8 Å². The second-order valence-electron chi connectivity index (χ2n) is 4.06. The smallest absolute Gasteiger partial charge is 0.00923 e. The molecule has 1 saturated heterocycles. The molecule has 2 atom stereocenters. The lowest BCUT2D eigenvalue weighted by molar-refractivity contribution is 0.138. The van der Waals surface area contributed by atoms with Crippen molar-refractivity contribution >= 4 is 0 Å². The lowest BCUT2D eigenvalue weighted by Crippen LogP contribution is -2.39. The van der Waals surface area contributed by atoms with Gasteiger partial charge in [0, 0.05) is 12.6 Å². The SMILES string of the molecule is CC.CCCC1CCC(C)CN1C. The minimum Gasteiger partial charge on any atom is -0.303 e. The maximum absolute atomic E-state index is 2.54. The first-order valence-electron chi connectivity index (χ1n) is 5.94. The zero-order valence-corrected chi connectivity index (χ0v) is 10.1. The summed E-state index contributed by atoms with van der Waals surface area (Å²) in [6.07, 6.45) is 5.59. The van der Waals surface area contributed by atoms with Crippen LogP contribution in [0.4, 0.5) is 0 Å². The van der Waals surface area contributed by atoms with E-state index in [0.29, 0.717) is 0 Å². The Bertz CT molecular complexity index is 112. The highest BCUT2D eigenvalue weighted by atomic mass is 15.1. The fourth-order valence-electron chi connectivity index (χ4n) is 2.13. The highest BCUT2D eigenvalue weighted by Crippen LogP contribution is 2.22. The standard InChI is InChI=1S/C10H21N.C2H6/c1-4-5-10-7-6-9(2)8-11(10)3;1-2/h9-10H,4-8H2,1-3H3;1-2H3. The predicted molar refractivity (Wildman–Crippen MR) is 61.1 cm³/mol. The maximum atomic E-state index is 2.54. The van der Waals surface area contributed by atoms with Crippen LogP contribution in [0.25, 0.3) is 0 Å². The van der Waals surface area contributed by atoms with E-state index in [9.17, 15) is 0 Å². The zero-order valence-electron chi connectivity index (χ0n) is 10.1. The fourth-order valence-corrected chi connectivity index (χ4v) is 2.13. The van der Waals surface area contributed by atoms with E-state index in [-0.39, 0.29) is 0 Å². The topological polar surface area (TPSA) is 3.24 Å². The molecule has 0 radical (unpaired) electrons. The van der Waals surface area contributed by atoms with E-state index in [1.165, 1.54) is 32.2 Å². The number of hydrogen-bond acceptors (Lipinski definition) is 1. The van der Waals surface area contributed by atoms with E-state index in [4.69, 9.17) is 0 Å². The Morgan fingerprint density at radius 3 is 2.31 bits per heavy atom. The molecule has 1 aliphatic heterocycles. The Balaban J connectivity index is 0.000000671. The van der Waals surface area contributed by atoms with Crippen molar-refractivity contribution < 1.29 is 0 Å². The Morgan fingerprint density at radius 2 is 1.85 bits per heavy atom. The maximum Gasteiger partial charge on any atom is 0.00923 e. The zero-order chi connectivity index (χ0) is 10.3. The third kappa shape index (κ3) is 4.66. The van der Waals surface area contributed by atoms with Gasteiger partial charge in [0.05, 0.1) is 0 Å². The molecule has 0 aliphatic carbocycles. The molecule has 0 spiro atoms. The molecule has 1 heterocycles. The van der Waals surface area contributed by atoms with Gasteiger partial charge in [-0.2, -0.15) is 0 Å². The summed E-state index contributed by atoms with van der Waals surface area (Å²) >= 11 is 0. The molecular formula is C12H27N. The Hall–Kier alpha value is -0.0400. The van der Waals surface area contributed by atoms with Crippen molar-refractivity contribution in [1.82, 2.24) is 4.90 Å². The summed E-state index contributed by atoms with van der Waals surface area (Å²) in [6, 6.07) is 0.885. The van der Waals surface area contributed by atoms with Crippen molar-refractivity contribution in [3.8, 4) is 0 Å². The summed E-state index contributed by atoms with van der Waals surface area (Å²) in [5.74, 6) is 0.924. The molecule has 0 amide bonds. The van der Waals surface area contributed by atoms with Gasteiger partial charge in [-0.05, 0) is 32.2 Å². The Kier molecular flexibility index (Phi) is 7.35. The van der Waals surface area contributed by atoms with E-state index in [0.717, 1.165) is 12.0 Å². The monoisotopic (exact) mass is 185 g/mol. The van der Waals surface area contributed by atoms with Crippen LogP contribution in [0.15, 0.2) is 0 Å². The first-order valence-corrected chi connectivity index (χ1v) is 5.94. The molecule has 0 aromatic heterocycles. The van der Waals surface area contributed by atoms with Gasteiger partial charge in [0.1, 0.15) is 0 Å². The normalized spacial score (nSPS) is 29.3. The van der Waals surface area contributed by atoms with Crippen molar-refractivity contribution in [2.45, 2.75) is 59.4 Å². The summed E-state index contributed by atoms with van der Waals surface area (Å²) < 4.78 is 0. The second kappa shape index (κ2) is 7.37. The van der Waals surface area contributed by atoms with Crippen LogP contribution in [0.5, 0.6) is 0 Å². The molecule has 0 bridgehead atoms. The average Bonchev–Trinajstić information content (AvgIpc) is 2.14. The molecule has 0 saturated carbocycles. The van der Waals surface area contributed by atoms with Gasteiger partial charge < -0.3 is 4.90 Å². The first kappa shape index (κ1) is 13.0. The minimum absolute atomic E-state index is 0.885. The summed E-state index contributed by atoms with van der Waals surface area (Å²) in [5, 5.41) is 0. The van der Waals surface area contributed by atoms with Gasteiger partial charge in [-0.3, -0.25) is 0 Å². The van der Waals surface area contributed by atoms with E-state index >= 15 is 0 Å². The van der Waals surface area contributed by atoms with E-state index < -0.39 is 0 Å². The van der Waals surface area contributed by atoms with Crippen molar-refractivity contribution in [1.29, 1.82) is 0 Å². The van der Waals surface area contributed by atoms with Gasteiger partial charge in [0.2, 0.25) is 0 Å². The Morgan fingerprint density at radius 1 is 1.23 bits per heavy atom. The summed E-state index contributed by atoms with van der Waals surface area (Å²) in [5.41, 5.74) is 0. The average molecular weight is 185 g/mol. The molecule has 0 aromatic rings. The van der Waals surface area contributed by atoms with Gasteiger partial charge in [-0.15, -0.1) is 0 Å². The molecule has 1 nitrogen and oxygen atoms in total. The van der Waals surface area contributed by atoms with Crippen LogP contribution in [0.2, 0.25) is 0 Å². The van der Waals surface area contributed by atoms with Crippen molar-refractivity contribution in [2.75, 3.05) is 13.6 Å². The van der Waals surface area contributed by atoms with Gasteiger partial charge in [-0.25, -0.2) is 0 Å². The van der Waals surface area contributed by atoms with Crippen LogP contribution in [0.1, 0.15) is 53.4 Å². The third-order valence-electron chi connectivity index (χ3n) is 2.84. The lowest BCUT2D eigenvalue weighted by atomic mass is 9.92. The molecule has 13 heavy (non-hydrogen) atoms. The Labute approximate surface area is 84.5 Å². The second-order valence-corrected chi connectivity index (χ2v) is 4.06. The van der Waals surface area contributed by atoms with Crippen molar-refractivity contribution in [3.05, 3.63) is 0 Å². The van der Waals surface area contributed by atoms with Gasteiger partial charge in [0.15, 0.2) is 0 Å². The molecule has 0 N–H and O–H groups in total. The van der Waals surface area contributed by atoms with Crippen LogP contribution in [-0.2, 0) is 0 Å². The number of nitrogens with zero attached hydrogens (tertiary/aromatic N) is 1. The number of hydrogen-bond donors (Lipinski definition) is 0. The van der Waals surface area contributed by atoms with Gasteiger partial charge in [0.25, 0.3) is 0 Å². The number of piperidine rings is 1. The molecule has 1 heteroatoms. The minimum atomic E-state index is 0.885. The lowest BCUT2D eigenvalue weighted by Gasteiger charge is -2.35. The summed E-state index contributed by atoms with van der Waals surface area (Å²) in [6.45, 7) is 9.95. The van der Waals surface area contributed by atoms with Crippen LogP contribution in [0.3, 0.4) is 0 Å². The highest BCUT2D eigenvalue weighted by molar-refractivity contribution is 4.76. The van der Waals surface area contributed by atoms with E-state index in [2.05, 4.69) is 25.8 Å². The third-order valence-corrected chi connectivity index (χ3v) is 2.84. The molecule has 0 aromatic carbocycles. The van der Waals surface area contributed by atoms with Crippen LogP contribution in [0, 0.1) is 5.92 Å². The van der Waals surface area contributed by atoms with Crippen LogP contribution in [-0.4, -0.2) is 24.5 Å². The van der Waals surface area contributed by atoms with Crippen LogP contribution < -0.4 is 0 Å². The molecule has 2 unspecified atom stereocenters. The summed E-state index contributed by atoms with van der Waals surface area (Å²) in [7, 11) is 2.27. The largest absolute Gasteiger partial charge is 0.303 e. The van der Waals surface area contributed by atoms with E-state index in [1.54, 1.807) is 0 Å². The quantitative estimate of drug-likeness (QED) is 0.636.